The number of thiophene rings is 2. The van der Waals surface area contributed by atoms with E-state index in [1.165, 1.54) is 23.7 Å². The Morgan fingerprint density at radius 1 is 0.750 bits per heavy atom. The van der Waals surface area contributed by atoms with E-state index in [0.29, 0.717) is 22.5 Å². The molecule has 0 saturated heterocycles. The van der Waals surface area contributed by atoms with Gasteiger partial charge in [-0.05, 0) is 50.6 Å². The average molecular weight is 457 g/mol. The van der Waals surface area contributed by atoms with Gasteiger partial charge in [-0.15, -0.1) is 22.7 Å². The largest absolute Gasteiger partial charge is 0.236 e. The van der Waals surface area contributed by atoms with Gasteiger partial charge in [0.2, 0.25) is 0 Å². The quantitative estimate of drug-likeness (QED) is 0.549. The molecule has 28 heavy (non-hydrogen) atoms. The van der Waals surface area contributed by atoms with Gasteiger partial charge in [0.05, 0.1) is 10.5 Å². The molecule has 0 atom stereocenters. The first-order chi connectivity index (χ1) is 13.1. The maximum absolute atomic E-state index is 12.6. The fourth-order valence-corrected chi connectivity index (χ4v) is 8.08. The minimum Gasteiger partial charge on any atom is -0.236 e. The summed E-state index contributed by atoms with van der Waals surface area (Å²) in [5.74, 6) is 0.299. The maximum atomic E-state index is 12.6. The Labute approximate surface area is 173 Å². The summed E-state index contributed by atoms with van der Waals surface area (Å²) in [6.07, 6.45) is 3.07. The van der Waals surface area contributed by atoms with Gasteiger partial charge in [-0.25, -0.2) is 26.8 Å². The van der Waals surface area contributed by atoms with Gasteiger partial charge in [0.15, 0.2) is 25.5 Å². The van der Waals surface area contributed by atoms with Gasteiger partial charge in [-0.1, -0.05) is 0 Å². The van der Waals surface area contributed by atoms with Crippen LogP contribution in [0.15, 0.2) is 43.7 Å². The van der Waals surface area contributed by atoms with Crippen molar-refractivity contribution >= 4 is 42.3 Å². The third-order valence-electron chi connectivity index (χ3n) is 4.22. The van der Waals surface area contributed by atoms with Crippen molar-refractivity contribution in [3.63, 3.8) is 0 Å². The summed E-state index contributed by atoms with van der Waals surface area (Å²) in [6, 6.07) is 3.42. The molecule has 0 aliphatic heterocycles. The van der Waals surface area contributed by atoms with Crippen molar-refractivity contribution in [2.24, 2.45) is 0 Å². The molecule has 0 aromatic carbocycles. The fourth-order valence-electron chi connectivity index (χ4n) is 2.45. The monoisotopic (exact) mass is 456 g/mol. The van der Waals surface area contributed by atoms with Crippen molar-refractivity contribution in [3.05, 3.63) is 35.3 Å². The van der Waals surface area contributed by atoms with E-state index in [1.807, 2.05) is 0 Å². The molecule has 3 heterocycles. The predicted octanol–water partition coefficient (Wildman–Crippen LogP) is 4.30. The molecule has 0 fully saturated rings. The van der Waals surface area contributed by atoms with Crippen molar-refractivity contribution in [3.8, 4) is 22.5 Å². The lowest BCUT2D eigenvalue weighted by atomic mass is 10.2. The maximum Gasteiger partial charge on any atom is 0.190 e. The van der Waals surface area contributed by atoms with Crippen LogP contribution < -0.4 is 0 Å². The molecule has 0 amide bonds. The highest BCUT2D eigenvalue weighted by atomic mass is 32.2. The second kappa shape index (κ2) is 7.66. The van der Waals surface area contributed by atoms with Crippen LogP contribution in [0.3, 0.4) is 0 Å². The number of hydrogen-bond donors (Lipinski definition) is 0. The van der Waals surface area contributed by atoms with Crippen LogP contribution in [0.1, 0.15) is 27.7 Å². The number of hydrogen-bond acceptors (Lipinski definition) is 8. The normalized spacial score (nSPS) is 12.8. The summed E-state index contributed by atoms with van der Waals surface area (Å²) in [4.78, 5) is 8.64. The summed E-state index contributed by atoms with van der Waals surface area (Å²) in [5.41, 5.74) is 1.60. The second-order valence-corrected chi connectivity index (χ2v) is 14.0. The Morgan fingerprint density at radius 2 is 1.18 bits per heavy atom. The van der Waals surface area contributed by atoms with E-state index in [0.717, 1.165) is 11.3 Å². The molecule has 0 unspecified atom stereocenters. The first kappa shape index (κ1) is 21.1. The van der Waals surface area contributed by atoms with Gasteiger partial charge in [-0.2, -0.15) is 0 Å². The summed E-state index contributed by atoms with van der Waals surface area (Å²) < 4.78 is 50.8. The third-order valence-corrected chi connectivity index (χ3v) is 11.6. The Hall–Kier alpha value is -1.62. The topological polar surface area (TPSA) is 94.1 Å². The predicted molar refractivity (Wildman–Crippen MR) is 113 cm³/mol. The summed E-state index contributed by atoms with van der Waals surface area (Å²) in [7, 11) is -6.86. The van der Waals surface area contributed by atoms with Crippen LogP contribution in [-0.2, 0) is 19.7 Å². The van der Waals surface area contributed by atoms with Crippen LogP contribution in [-0.4, -0.2) is 37.3 Å². The van der Waals surface area contributed by atoms with Crippen molar-refractivity contribution in [1.29, 1.82) is 0 Å². The second-order valence-electron chi connectivity index (χ2n) is 6.73. The van der Waals surface area contributed by atoms with E-state index in [2.05, 4.69) is 9.97 Å². The molecular formula is C18H20N2O4S4. The molecule has 0 N–H and O–H groups in total. The number of aromatic nitrogens is 2. The number of sulfone groups is 2. The fraction of sp³-hybridized carbons (Fsp3) is 0.333. The molecule has 150 valence electrons. The number of rotatable bonds is 6. The molecule has 3 rings (SSSR count). The van der Waals surface area contributed by atoms with Crippen LogP contribution in [0, 0.1) is 0 Å². The molecule has 10 heteroatoms. The van der Waals surface area contributed by atoms with Crippen molar-refractivity contribution in [2.75, 3.05) is 0 Å². The highest BCUT2D eigenvalue weighted by Gasteiger charge is 2.27. The summed E-state index contributed by atoms with van der Waals surface area (Å²) in [6.45, 7) is 6.56. The van der Waals surface area contributed by atoms with E-state index in [1.54, 1.807) is 50.6 Å². The third kappa shape index (κ3) is 3.66. The lowest BCUT2D eigenvalue weighted by molar-refractivity contribution is 0.588. The van der Waals surface area contributed by atoms with Crippen LogP contribution >= 0.6 is 22.7 Å². The Kier molecular flexibility index (Phi) is 5.77. The van der Waals surface area contributed by atoms with E-state index >= 15 is 0 Å². The van der Waals surface area contributed by atoms with Crippen LogP contribution in [0.25, 0.3) is 22.5 Å². The Bertz CT molecular complexity index is 1090. The van der Waals surface area contributed by atoms with E-state index in [4.69, 9.17) is 0 Å². The Morgan fingerprint density at radius 3 is 1.64 bits per heavy atom. The molecular weight excluding hydrogens is 436 g/mol. The molecule has 0 spiro atoms. The molecule has 6 nitrogen and oxygen atoms in total. The molecule has 0 aliphatic carbocycles. The SMILES string of the molecule is CC(C)S(=O)(=O)c1sccc1-c1cnc(-c2ccsc2S(=O)(=O)C(C)C)nc1. The average Bonchev–Trinajstić information content (AvgIpc) is 3.31. The zero-order valence-corrected chi connectivity index (χ0v) is 19.0. The summed E-state index contributed by atoms with van der Waals surface area (Å²) in [5, 5.41) is 2.36. The molecule has 3 aromatic heterocycles. The zero-order chi connectivity index (χ0) is 20.7. The van der Waals surface area contributed by atoms with Crippen LogP contribution in [0.2, 0.25) is 0 Å². The van der Waals surface area contributed by atoms with Gasteiger partial charge in [-0.3, -0.25) is 0 Å². The minimum atomic E-state index is -3.44. The standard InChI is InChI=1S/C18H20N2O4S4/c1-11(2)27(21,22)17-14(5-7-25-17)13-9-19-16(20-10-13)15-6-8-26-18(15)28(23,24)12(3)4/h5-12H,1-4H3. The minimum absolute atomic E-state index is 0.244. The van der Waals surface area contributed by atoms with Crippen LogP contribution in [0.4, 0.5) is 0 Å². The van der Waals surface area contributed by atoms with Gasteiger partial charge < -0.3 is 0 Å². The van der Waals surface area contributed by atoms with Crippen molar-refractivity contribution < 1.29 is 16.8 Å². The molecule has 0 saturated carbocycles. The van der Waals surface area contributed by atoms with Crippen LogP contribution in [0.5, 0.6) is 0 Å². The zero-order valence-electron chi connectivity index (χ0n) is 15.8. The molecule has 3 aromatic rings. The van der Waals surface area contributed by atoms with Gasteiger partial charge >= 0.3 is 0 Å². The molecule has 0 aliphatic rings. The van der Waals surface area contributed by atoms with Gasteiger partial charge in [0, 0.05) is 29.1 Å². The first-order valence-corrected chi connectivity index (χ1v) is 13.4. The highest BCUT2D eigenvalue weighted by molar-refractivity contribution is 7.94. The molecule has 0 radical (unpaired) electrons. The summed E-state index contributed by atoms with van der Waals surface area (Å²) >= 11 is 2.31. The van der Waals surface area contributed by atoms with E-state index in [-0.39, 0.29) is 8.42 Å². The first-order valence-electron chi connectivity index (χ1n) is 8.52. The van der Waals surface area contributed by atoms with Gasteiger partial charge in [0.1, 0.15) is 8.42 Å². The number of nitrogens with zero attached hydrogens (tertiary/aromatic N) is 2. The lowest BCUT2D eigenvalue weighted by Gasteiger charge is -2.10. The van der Waals surface area contributed by atoms with Gasteiger partial charge in [0.25, 0.3) is 0 Å². The molecule has 0 bridgehead atoms. The van der Waals surface area contributed by atoms with E-state index in [9.17, 15) is 16.8 Å². The van der Waals surface area contributed by atoms with Crippen molar-refractivity contribution in [2.45, 2.75) is 46.6 Å². The van der Waals surface area contributed by atoms with E-state index < -0.39 is 30.2 Å². The highest BCUT2D eigenvalue weighted by Crippen LogP contribution is 2.36. The smallest absolute Gasteiger partial charge is 0.190 e. The lowest BCUT2D eigenvalue weighted by Crippen LogP contribution is -2.13. The van der Waals surface area contributed by atoms with Crippen molar-refractivity contribution in [1.82, 2.24) is 9.97 Å². The Balaban J connectivity index is 2.03.